The van der Waals surface area contributed by atoms with Gasteiger partial charge in [0.05, 0.1) is 15.5 Å². The minimum atomic E-state index is -0.594. The molecule has 0 bridgehead atoms. The number of anilines is 1. The second kappa shape index (κ2) is 4.61. The molecule has 2 rings (SSSR count). The van der Waals surface area contributed by atoms with Crippen molar-refractivity contribution in [2.75, 3.05) is 5.73 Å². The van der Waals surface area contributed by atoms with Crippen LogP contribution in [-0.2, 0) is 0 Å². The Hall–Kier alpha value is -2.97. The van der Waals surface area contributed by atoms with Crippen LogP contribution in [0, 0.1) is 34.1 Å². The van der Waals surface area contributed by atoms with Crippen molar-refractivity contribution in [1.29, 1.82) is 0 Å². The number of nitrogen functional groups attached to an aromatic ring is 1. The van der Waals surface area contributed by atoms with Gasteiger partial charge in [0.1, 0.15) is 17.1 Å². The van der Waals surface area contributed by atoms with E-state index in [9.17, 15) is 20.2 Å². The Morgan fingerprint density at radius 3 is 2.30 bits per heavy atom. The largest absolute Gasteiger partial charge is 0.393 e. The maximum absolute atomic E-state index is 10.9. The van der Waals surface area contributed by atoms with E-state index in [1.165, 1.54) is 29.8 Å². The van der Waals surface area contributed by atoms with Crippen LogP contribution in [0.3, 0.4) is 0 Å². The molecule has 0 spiro atoms. The normalized spacial score (nSPS) is 10.5. The smallest absolute Gasteiger partial charge is 0.313 e. The summed E-state index contributed by atoms with van der Waals surface area (Å²) in [6.45, 7) is 3.08. The number of nitro benzene ring substituents is 1. The predicted octanol–water partition coefficient (Wildman–Crippen LogP) is 1.89. The number of nitro groups is 2. The first-order valence-electron chi connectivity index (χ1n) is 5.58. The third-order valence-electron chi connectivity index (χ3n) is 2.89. The van der Waals surface area contributed by atoms with E-state index >= 15 is 0 Å². The van der Waals surface area contributed by atoms with Gasteiger partial charge in [0.25, 0.3) is 5.69 Å². The average molecular weight is 277 g/mol. The molecule has 2 aromatic rings. The van der Waals surface area contributed by atoms with Crippen LogP contribution in [-0.4, -0.2) is 19.6 Å². The quantitative estimate of drug-likeness (QED) is 0.517. The van der Waals surface area contributed by atoms with Gasteiger partial charge in [0, 0.05) is 6.07 Å². The molecule has 0 fully saturated rings. The molecule has 0 amide bonds. The van der Waals surface area contributed by atoms with Crippen molar-refractivity contribution in [2.45, 2.75) is 13.8 Å². The Bertz CT molecular complexity index is 722. The topological polar surface area (TPSA) is 130 Å². The van der Waals surface area contributed by atoms with E-state index in [0.29, 0.717) is 11.4 Å². The van der Waals surface area contributed by atoms with Crippen LogP contribution >= 0.6 is 0 Å². The van der Waals surface area contributed by atoms with Crippen LogP contribution in [0.1, 0.15) is 11.4 Å². The van der Waals surface area contributed by atoms with Crippen LogP contribution in [0.2, 0.25) is 0 Å². The molecule has 0 atom stereocenters. The zero-order valence-electron chi connectivity index (χ0n) is 10.7. The highest BCUT2D eigenvalue weighted by Crippen LogP contribution is 2.28. The zero-order chi connectivity index (χ0) is 15.0. The second-order valence-electron chi connectivity index (χ2n) is 4.19. The number of aromatic nitrogens is 2. The number of aryl methyl sites for hydroxylation is 1. The number of benzene rings is 1. The molecule has 1 aromatic heterocycles. The fourth-order valence-corrected chi connectivity index (χ4v) is 1.99. The fourth-order valence-electron chi connectivity index (χ4n) is 1.99. The van der Waals surface area contributed by atoms with E-state index in [2.05, 4.69) is 5.10 Å². The molecule has 104 valence electrons. The Morgan fingerprint density at radius 1 is 1.20 bits per heavy atom. The summed E-state index contributed by atoms with van der Waals surface area (Å²) in [4.78, 5) is 20.5. The lowest BCUT2D eigenvalue weighted by molar-refractivity contribution is -0.386. The van der Waals surface area contributed by atoms with Crippen LogP contribution in [0.5, 0.6) is 0 Å². The number of nitrogens with two attached hydrogens (primary N) is 1. The van der Waals surface area contributed by atoms with Gasteiger partial charge in [-0.2, -0.15) is 5.10 Å². The van der Waals surface area contributed by atoms with Gasteiger partial charge >= 0.3 is 5.69 Å². The molecule has 0 aliphatic carbocycles. The van der Waals surface area contributed by atoms with E-state index in [1.54, 1.807) is 6.92 Å². The minimum absolute atomic E-state index is 0.0253. The van der Waals surface area contributed by atoms with Gasteiger partial charge in [-0.3, -0.25) is 20.2 Å². The lowest BCUT2D eigenvalue weighted by Crippen LogP contribution is -2.02. The molecule has 20 heavy (non-hydrogen) atoms. The van der Waals surface area contributed by atoms with E-state index in [0.717, 1.165) is 0 Å². The molecule has 0 aliphatic heterocycles. The molecule has 0 aliphatic rings. The summed E-state index contributed by atoms with van der Waals surface area (Å²) in [5.74, 6) is 0. The van der Waals surface area contributed by atoms with Gasteiger partial charge in [-0.05, 0) is 26.0 Å². The van der Waals surface area contributed by atoms with Gasteiger partial charge in [-0.25, -0.2) is 4.68 Å². The third kappa shape index (κ3) is 2.05. The summed E-state index contributed by atoms with van der Waals surface area (Å²) in [5.41, 5.74) is 6.31. The Kier molecular flexibility index (Phi) is 3.10. The summed E-state index contributed by atoms with van der Waals surface area (Å²) in [7, 11) is 0. The van der Waals surface area contributed by atoms with Crippen molar-refractivity contribution >= 4 is 17.1 Å². The SMILES string of the molecule is Cc1nn(-c2ccc([N+](=O)[O-])c(N)c2)c(C)c1[N+](=O)[O-]. The van der Waals surface area contributed by atoms with Gasteiger partial charge in [0.15, 0.2) is 0 Å². The maximum atomic E-state index is 10.9. The van der Waals surface area contributed by atoms with E-state index in [1.807, 2.05) is 0 Å². The molecular weight excluding hydrogens is 266 g/mol. The molecule has 1 heterocycles. The highest BCUT2D eigenvalue weighted by Gasteiger charge is 2.23. The van der Waals surface area contributed by atoms with Crippen LogP contribution in [0.15, 0.2) is 18.2 Å². The highest BCUT2D eigenvalue weighted by atomic mass is 16.6. The van der Waals surface area contributed by atoms with Crippen molar-refractivity contribution in [1.82, 2.24) is 9.78 Å². The molecule has 1 aromatic carbocycles. The Balaban J connectivity index is 2.58. The summed E-state index contributed by atoms with van der Waals surface area (Å²) in [5, 5.41) is 25.7. The summed E-state index contributed by atoms with van der Waals surface area (Å²) < 4.78 is 1.34. The van der Waals surface area contributed by atoms with E-state index < -0.39 is 9.85 Å². The van der Waals surface area contributed by atoms with Crippen molar-refractivity contribution in [3.05, 3.63) is 49.8 Å². The minimum Gasteiger partial charge on any atom is -0.393 e. The van der Waals surface area contributed by atoms with E-state index in [-0.39, 0.29) is 22.8 Å². The van der Waals surface area contributed by atoms with Crippen molar-refractivity contribution < 1.29 is 9.85 Å². The van der Waals surface area contributed by atoms with Crippen LogP contribution < -0.4 is 5.73 Å². The van der Waals surface area contributed by atoms with Crippen molar-refractivity contribution in [3.8, 4) is 5.69 Å². The van der Waals surface area contributed by atoms with Gasteiger partial charge in [-0.15, -0.1) is 0 Å². The summed E-state index contributed by atoms with van der Waals surface area (Å²) in [6, 6.07) is 4.05. The molecule has 9 nitrogen and oxygen atoms in total. The van der Waals surface area contributed by atoms with Crippen LogP contribution in [0.25, 0.3) is 5.69 Å². The Morgan fingerprint density at radius 2 is 1.85 bits per heavy atom. The van der Waals surface area contributed by atoms with Gasteiger partial charge < -0.3 is 5.73 Å². The van der Waals surface area contributed by atoms with Gasteiger partial charge in [-0.1, -0.05) is 0 Å². The molecule has 0 radical (unpaired) electrons. The summed E-state index contributed by atoms with van der Waals surface area (Å²) in [6.07, 6.45) is 0. The molecule has 2 N–H and O–H groups in total. The third-order valence-corrected chi connectivity index (χ3v) is 2.89. The first-order chi connectivity index (χ1) is 9.32. The number of nitrogens with zero attached hydrogens (tertiary/aromatic N) is 4. The van der Waals surface area contributed by atoms with Gasteiger partial charge in [0.2, 0.25) is 0 Å². The molecule has 0 unspecified atom stereocenters. The lowest BCUT2D eigenvalue weighted by atomic mass is 10.2. The first kappa shape index (κ1) is 13.5. The number of hydrogen-bond donors (Lipinski definition) is 1. The molecule has 0 saturated carbocycles. The molecular formula is C11H11N5O4. The second-order valence-corrected chi connectivity index (χ2v) is 4.19. The highest BCUT2D eigenvalue weighted by molar-refractivity contribution is 5.63. The predicted molar refractivity (Wildman–Crippen MR) is 70.8 cm³/mol. The standard InChI is InChI=1S/C11H11N5O4/c1-6-11(16(19)20)7(2)14(13-6)8-3-4-10(15(17)18)9(12)5-8/h3-5H,12H2,1-2H3. The molecule has 0 saturated heterocycles. The number of hydrogen-bond acceptors (Lipinski definition) is 6. The van der Waals surface area contributed by atoms with Crippen LogP contribution in [0.4, 0.5) is 17.1 Å². The Labute approximate surface area is 112 Å². The summed E-state index contributed by atoms with van der Waals surface area (Å²) >= 11 is 0. The molecule has 9 heteroatoms. The van der Waals surface area contributed by atoms with Crippen molar-refractivity contribution in [3.63, 3.8) is 0 Å². The first-order valence-corrected chi connectivity index (χ1v) is 5.58. The zero-order valence-corrected chi connectivity index (χ0v) is 10.7. The monoisotopic (exact) mass is 277 g/mol. The maximum Gasteiger partial charge on any atom is 0.313 e. The van der Waals surface area contributed by atoms with E-state index in [4.69, 9.17) is 5.73 Å². The number of rotatable bonds is 3. The fraction of sp³-hybridized carbons (Fsp3) is 0.182. The van der Waals surface area contributed by atoms with Crippen molar-refractivity contribution in [2.24, 2.45) is 0 Å². The average Bonchev–Trinajstić information content (AvgIpc) is 2.64. The lowest BCUT2D eigenvalue weighted by Gasteiger charge is -2.05.